The van der Waals surface area contributed by atoms with Crippen LogP contribution in [0.15, 0.2) is 40.9 Å². The Kier molecular flexibility index (Phi) is 2.72. The molecule has 0 saturated heterocycles. The lowest BCUT2D eigenvalue weighted by atomic mass is 9.98. The molecular weight excluding hydrogens is 206 g/mol. The smallest absolute Gasteiger partial charge is 0.374 e. The highest BCUT2D eigenvalue weighted by molar-refractivity contribution is 5.84. The number of hydrogen-bond acceptors (Lipinski definition) is 3. The maximum Gasteiger partial charge on any atom is 0.374 e. The molecule has 0 aliphatic rings. The largest absolute Gasteiger partial charge is 0.475 e. The molecule has 1 N–H and O–H groups in total. The molecule has 1 atom stereocenters. The zero-order valence-corrected chi connectivity index (χ0v) is 8.75. The van der Waals surface area contributed by atoms with Crippen LogP contribution in [0.2, 0.25) is 0 Å². The average Bonchev–Trinajstić information content (AvgIpc) is 2.78. The van der Waals surface area contributed by atoms with Crippen LogP contribution in [-0.2, 0) is 0 Å². The summed E-state index contributed by atoms with van der Waals surface area (Å²) in [5.74, 6) is -1.20. The van der Waals surface area contributed by atoms with Crippen molar-refractivity contribution in [2.75, 3.05) is 0 Å². The molecule has 0 radical (unpaired) electrons. The molecule has 1 aromatic heterocycles. The molecular formula is C12H11NO3. The molecule has 0 fully saturated rings. The van der Waals surface area contributed by atoms with Crippen LogP contribution < -0.4 is 0 Å². The summed E-state index contributed by atoms with van der Waals surface area (Å²) in [6.07, 6.45) is 0. The lowest BCUT2D eigenvalue weighted by Crippen LogP contribution is -1.96. The summed E-state index contributed by atoms with van der Waals surface area (Å²) in [7, 11) is 0. The highest BCUT2D eigenvalue weighted by Gasteiger charge is 2.16. The van der Waals surface area contributed by atoms with Crippen LogP contribution in [0.25, 0.3) is 0 Å². The molecule has 1 heterocycles. The molecule has 0 aliphatic heterocycles. The Bertz CT molecular complexity index is 490. The van der Waals surface area contributed by atoms with Crippen LogP contribution >= 0.6 is 0 Å². The number of aromatic nitrogens is 1. The number of carboxylic acid groups (broad SMARTS) is 1. The standard InChI is InChI=1S/C12H11NO3/c1-8(9-5-3-2-4-6-9)10-7-11(12(14)15)16-13-10/h2-8H,1H3,(H,14,15). The van der Waals surface area contributed by atoms with Gasteiger partial charge in [-0.1, -0.05) is 42.4 Å². The highest BCUT2D eigenvalue weighted by Crippen LogP contribution is 2.23. The molecule has 0 saturated carbocycles. The lowest BCUT2D eigenvalue weighted by Gasteiger charge is -2.06. The van der Waals surface area contributed by atoms with Gasteiger partial charge in [-0.05, 0) is 5.56 Å². The summed E-state index contributed by atoms with van der Waals surface area (Å²) in [5.41, 5.74) is 1.70. The Morgan fingerprint density at radius 2 is 2.06 bits per heavy atom. The van der Waals surface area contributed by atoms with Crippen molar-refractivity contribution in [2.45, 2.75) is 12.8 Å². The van der Waals surface area contributed by atoms with E-state index in [1.54, 1.807) is 0 Å². The number of carbonyl (C=O) groups is 1. The van der Waals surface area contributed by atoms with Gasteiger partial charge in [0.05, 0.1) is 5.69 Å². The predicted molar refractivity (Wildman–Crippen MR) is 57.4 cm³/mol. The number of carboxylic acids is 1. The van der Waals surface area contributed by atoms with Gasteiger partial charge in [0.2, 0.25) is 5.76 Å². The second kappa shape index (κ2) is 4.18. The minimum absolute atomic E-state index is 0.0260. The van der Waals surface area contributed by atoms with Gasteiger partial charge in [0, 0.05) is 12.0 Å². The Labute approximate surface area is 92.5 Å². The van der Waals surface area contributed by atoms with Crippen molar-refractivity contribution in [2.24, 2.45) is 0 Å². The summed E-state index contributed by atoms with van der Waals surface area (Å²) in [6.45, 7) is 1.96. The Hall–Kier alpha value is -2.10. The molecule has 82 valence electrons. The first-order valence-electron chi connectivity index (χ1n) is 4.93. The summed E-state index contributed by atoms with van der Waals surface area (Å²) < 4.78 is 4.72. The fraction of sp³-hybridized carbons (Fsp3) is 0.167. The normalized spacial score (nSPS) is 12.3. The highest BCUT2D eigenvalue weighted by atomic mass is 16.5. The summed E-state index contributed by atoms with van der Waals surface area (Å²) >= 11 is 0. The molecule has 4 heteroatoms. The summed E-state index contributed by atoms with van der Waals surface area (Å²) in [5, 5.41) is 12.5. The van der Waals surface area contributed by atoms with Gasteiger partial charge >= 0.3 is 5.97 Å². The molecule has 4 nitrogen and oxygen atoms in total. The van der Waals surface area contributed by atoms with Crippen LogP contribution in [-0.4, -0.2) is 16.2 Å². The maximum atomic E-state index is 10.6. The third-order valence-corrected chi connectivity index (χ3v) is 2.48. The Morgan fingerprint density at radius 3 is 2.62 bits per heavy atom. The van der Waals surface area contributed by atoms with Gasteiger partial charge < -0.3 is 9.63 Å². The Morgan fingerprint density at radius 1 is 1.38 bits per heavy atom. The van der Waals surface area contributed by atoms with E-state index in [-0.39, 0.29) is 11.7 Å². The SMILES string of the molecule is CC(c1ccccc1)c1cc(C(=O)O)on1. The van der Waals surface area contributed by atoms with Crippen molar-refractivity contribution in [3.05, 3.63) is 53.4 Å². The van der Waals surface area contributed by atoms with E-state index in [4.69, 9.17) is 9.63 Å². The Balaban J connectivity index is 2.27. The van der Waals surface area contributed by atoms with E-state index in [0.717, 1.165) is 5.56 Å². The number of aromatic carboxylic acids is 1. The second-order valence-electron chi connectivity index (χ2n) is 3.55. The van der Waals surface area contributed by atoms with Crippen LogP contribution in [0, 0.1) is 0 Å². The van der Waals surface area contributed by atoms with Crippen LogP contribution in [0.4, 0.5) is 0 Å². The first-order valence-corrected chi connectivity index (χ1v) is 4.93. The zero-order chi connectivity index (χ0) is 11.5. The van der Waals surface area contributed by atoms with Crippen molar-refractivity contribution in [3.8, 4) is 0 Å². The molecule has 0 amide bonds. The topological polar surface area (TPSA) is 63.3 Å². The molecule has 1 unspecified atom stereocenters. The fourth-order valence-electron chi connectivity index (χ4n) is 1.51. The van der Waals surface area contributed by atoms with Gasteiger partial charge in [0.25, 0.3) is 0 Å². The summed E-state index contributed by atoms with van der Waals surface area (Å²) in [6, 6.07) is 11.2. The quantitative estimate of drug-likeness (QED) is 0.858. The molecule has 0 spiro atoms. The van der Waals surface area contributed by atoms with Gasteiger partial charge in [-0.15, -0.1) is 0 Å². The number of hydrogen-bond donors (Lipinski definition) is 1. The van der Waals surface area contributed by atoms with Crippen molar-refractivity contribution < 1.29 is 14.4 Å². The second-order valence-corrected chi connectivity index (χ2v) is 3.55. The van der Waals surface area contributed by atoms with Crippen LogP contribution in [0.5, 0.6) is 0 Å². The first kappa shape index (κ1) is 10.4. The third-order valence-electron chi connectivity index (χ3n) is 2.48. The molecule has 1 aromatic carbocycles. The van der Waals surface area contributed by atoms with E-state index < -0.39 is 5.97 Å². The van der Waals surface area contributed by atoms with Crippen molar-refractivity contribution >= 4 is 5.97 Å². The molecule has 0 bridgehead atoms. The van der Waals surface area contributed by atoms with Crippen LogP contribution in [0.3, 0.4) is 0 Å². The van der Waals surface area contributed by atoms with Gasteiger partial charge in [-0.25, -0.2) is 4.79 Å². The van der Waals surface area contributed by atoms with Crippen molar-refractivity contribution in [3.63, 3.8) is 0 Å². The van der Waals surface area contributed by atoms with Gasteiger partial charge in [0.1, 0.15) is 0 Å². The van der Waals surface area contributed by atoms with E-state index in [9.17, 15) is 4.79 Å². The van der Waals surface area contributed by atoms with E-state index in [1.807, 2.05) is 37.3 Å². The van der Waals surface area contributed by atoms with Gasteiger partial charge in [0.15, 0.2) is 0 Å². The summed E-state index contributed by atoms with van der Waals surface area (Å²) in [4.78, 5) is 10.6. The fourth-order valence-corrected chi connectivity index (χ4v) is 1.51. The van der Waals surface area contributed by atoms with Crippen LogP contribution in [0.1, 0.15) is 34.7 Å². The predicted octanol–water partition coefficient (Wildman–Crippen LogP) is 2.52. The molecule has 16 heavy (non-hydrogen) atoms. The number of rotatable bonds is 3. The van der Waals surface area contributed by atoms with Gasteiger partial charge in [-0.3, -0.25) is 0 Å². The molecule has 2 aromatic rings. The lowest BCUT2D eigenvalue weighted by molar-refractivity contribution is 0.0652. The molecule has 0 aliphatic carbocycles. The maximum absolute atomic E-state index is 10.6. The van der Waals surface area contributed by atoms with E-state index >= 15 is 0 Å². The molecule has 2 rings (SSSR count). The monoisotopic (exact) mass is 217 g/mol. The van der Waals surface area contributed by atoms with E-state index in [0.29, 0.717) is 5.69 Å². The zero-order valence-electron chi connectivity index (χ0n) is 8.75. The third kappa shape index (κ3) is 1.95. The number of nitrogens with zero attached hydrogens (tertiary/aromatic N) is 1. The van der Waals surface area contributed by atoms with E-state index in [2.05, 4.69) is 5.16 Å². The first-order chi connectivity index (χ1) is 7.68. The average molecular weight is 217 g/mol. The van der Waals surface area contributed by atoms with E-state index in [1.165, 1.54) is 6.07 Å². The minimum atomic E-state index is -1.10. The minimum Gasteiger partial charge on any atom is -0.475 e. The number of benzene rings is 1. The van der Waals surface area contributed by atoms with Gasteiger partial charge in [-0.2, -0.15) is 0 Å². The van der Waals surface area contributed by atoms with Crippen molar-refractivity contribution in [1.29, 1.82) is 0 Å². The van der Waals surface area contributed by atoms with Crippen molar-refractivity contribution in [1.82, 2.24) is 5.16 Å².